The molecule has 0 aromatic rings. The quantitative estimate of drug-likeness (QED) is 0.679. The van der Waals surface area contributed by atoms with E-state index < -0.39 is 0 Å². The van der Waals surface area contributed by atoms with Gasteiger partial charge in [0.05, 0.1) is 12.2 Å². The fraction of sp³-hybridized carbons (Fsp3) is 1.00. The molecule has 0 bridgehead atoms. The van der Waals surface area contributed by atoms with Gasteiger partial charge in [-0.05, 0) is 51.9 Å². The van der Waals surface area contributed by atoms with Gasteiger partial charge in [-0.1, -0.05) is 0 Å². The fourth-order valence-electron chi connectivity index (χ4n) is 2.13. The Kier molecular flexibility index (Phi) is 5.49. The Morgan fingerprint density at radius 1 is 1.14 bits per heavy atom. The molecule has 0 aromatic carbocycles. The molecular formula is C12H24O2. The third-order valence-electron chi connectivity index (χ3n) is 3.10. The second-order valence-corrected chi connectivity index (χ2v) is 4.59. The highest BCUT2D eigenvalue weighted by molar-refractivity contribution is 4.72. The molecule has 0 unspecified atom stereocenters. The van der Waals surface area contributed by atoms with Gasteiger partial charge in [0.2, 0.25) is 0 Å². The van der Waals surface area contributed by atoms with E-state index >= 15 is 0 Å². The van der Waals surface area contributed by atoms with Gasteiger partial charge in [-0.3, -0.25) is 0 Å². The van der Waals surface area contributed by atoms with Gasteiger partial charge in [-0.2, -0.15) is 0 Å². The van der Waals surface area contributed by atoms with Gasteiger partial charge in [0.15, 0.2) is 0 Å². The largest absolute Gasteiger partial charge is 0.381 e. The maximum Gasteiger partial charge on any atom is 0.0571 e. The van der Waals surface area contributed by atoms with Crippen LogP contribution in [0.25, 0.3) is 0 Å². The molecule has 1 aliphatic rings. The first-order valence-electron chi connectivity index (χ1n) is 5.86. The van der Waals surface area contributed by atoms with Crippen LogP contribution in [0, 0.1) is 5.92 Å². The Bertz CT molecular complexity index is 137. The molecule has 0 aliphatic heterocycles. The summed E-state index contributed by atoms with van der Waals surface area (Å²) in [5.41, 5.74) is 0. The summed E-state index contributed by atoms with van der Waals surface area (Å²) in [6, 6.07) is 0. The van der Waals surface area contributed by atoms with Crippen LogP contribution in [0.1, 0.15) is 46.0 Å². The van der Waals surface area contributed by atoms with E-state index in [1.165, 1.54) is 32.1 Å². The Morgan fingerprint density at radius 3 is 2.29 bits per heavy atom. The molecule has 1 rings (SSSR count). The molecule has 84 valence electrons. The van der Waals surface area contributed by atoms with E-state index in [4.69, 9.17) is 9.47 Å². The molecule has 0 aromatic heterocycles. The van der Waals surface area contributed by atoms with Gasteiger partial charge in [-0.15, -0.1) is 0 Å². The zero-order valence-corrected chi connectivity index (χ0v) is 9.79. The normalized spacial score (nSPS) is 28.3. The Morgan fingerprint density at radius 2 is 1.79 bits per heavy atom. The maximum absolute atomic E-state index is 5.57. The zero-order valence-electron chi connectivity index (χ0n) is 9.79. The lowest BCUT2D eigenvalue weighted by Gasteiger charge is -2.27. The van der Waals surface area contributed by atoms with Crippen molar-refractivity contribution in [2.24, 2.45) is 5.92 Å². The van der Waals surface area contributed by atoms with Gasteiger partial charge in [0.25, 0.3) is 0 Å². The van der Waals surface area contributed by atoms with Crippen LogP contribution in [-0.2, 0) is 9.47 Å². The van der Waals surface area contributed by atoms with Crippen molar-refractivity contribution in [3.05, 3.63) is 0 Å². The Balaban J connectivity index is 2.04. The Labute approximate surface area is 88.0 Å². The predicted molar refractivity (Wildman–Crippen MR) is 58.5 cm³/mol. The van der Waals surface area contributed by atoms with Crippen LogP contribution >= 0.6 is 0 Å². The minimum atomic E-state index is 0.380. The van der Waals surface area contributed by atoms with Crippen molar-refractivity contribution in [3.8, 4) is 0 Å². The standard InChI is InChI=1S/C12H24O2/c1-10(2)14-9-8-11-4-6-12(13-3)7-5-11/h10-12H,4-9H2,1-3H3. The molecule has 0 saturated heterocycles. The summed E-state index contributed by atoms with van der Waals surface area (Å²) in [6.45, 7) is 5.13. The summed E-state index contributed by atoms with van der Waals surface area (Å²) >= 11 is 0. The highest BCUT2D eigenvalue weighted by Crippen LogP contribution is 2.28. The van der Waals surface area contributed by atoms with Crippen LogP contribution in [-0.4, -0.2) is 25.9 Å². The van der Waals surface area contributed by atoms with E-state index in [2.05, 4.69) is 13.8 Å². The first-order valence-corrected chi connectivity index (χ1v) is 5.86. The Hall–Kier alpha value is -0.0800. The molecule has 14 heavy (non-hydrogen) atoms. The summed E-state index contributed by atoms with van der Waals surface area (Å²) in [4.78, 5) is 0. The lowest BCUT2D eigenvalue weighted by molar-refractivity contribution is 0.0363. The second-order valence-electron chi connectivity index (χ2n) is 4.59. The van der Waals surface area contributed by atoms with Crippen molar-refractivity contribution in [1.82, 2.24) is 0 Å². The third kappa shape index (κ3) is 4.43. The smallest absolute Gasteiger partial charge is 0.0571 e. The molecule has 0 atom stereocenters. The minimum absolute atomic E-state index is 0.380. The minimum Gasteiger partial charge on any atom is -0.381 e. The monoisotopic (exact) mass is 200 g/mol. The number of hydrogen-bond acceptors (Lipinski definition) is 2. The molecule has 1 saturated carbocycles. The van der Waals surface area contributed by atoms with Crippen LogP contribution in [0.3, 0.4) is 0 Å². The van der Waals surface area contributed by atoms with Crippen molar-refractivity contribution in [2.75, 3.05) is 13.7 Å². The highest BCUT2D eigenvalue weighted by Gasteiger charge is 2.20. The molecule has 0 amide bonds. The van der Waals surface area contributed by atoms with E-state index in [1.807, 2.05) is 7.11 Å². The number of rotatable bonds is 5. The van der Waals surface area contributed by atoms with Crippen molar-refractivity contribution in [3.63, 3.8) is 0 Å². The molecule has 1 fully saturated rings. The second kappa shape index (κ2) is 6.41. The van der Waals surface area contributed by atoms with Crippen LogP contribution in [0.4, 0.5) is 0 Å². The van der Waals surface area contributed by atoms with Gasteiger partial charge in [0.1, 0.15) is 0 Å². The van der Waals surface area contributed by atoms with Crippen molar-refractivity contribution in [1.29, 1.82) is 0 Å². The third-order valence-corrected chi connectivity index (χ3v) is 3.10. The van der Waals surface area contributed by atoms with E-state index in [9.17, 15) is 0 Å². The van der Waals surface area contributed by atoms with E-state index in [-0.39, 0.29) is 0 Å². The van der Waals surface area contributed by atoms with E-state index in [0.717, 1.165) is 12.5 Å². The van der Waals surface area contributed by atoms with Gasteiger partial charge >= 0.3 is 0 Å². The number of methoxy groups -OCH3 is 1. The molecular weight excluding hydrogens is 176 g/mol. The molecule has 2 heteroatoms. The topological polar surface area (TPSA) is 18.5 Å². The maximum atomic E-state index is 5.57. The molecule has 0 heterocycles. The van der Waals surface area contributed by atoms with Gasteiger partial charge in [-0.25, -0.2) is 0 Å². The first kappa shape index (κ1) is 12.0. The summed E-state index contributed by atoms with van der Waals surface area (Å²) in [7, 11) is 1.83. The number of ether oxygens (including phenoxy) is 2. The SMILES string of the molecule is COC1CCC(CCOC(C)C)CC1. The average molecular weight is 200 g/mol. The van der Waals surface area contributed by atoms with E-state index in [0.29, 0.717) is 12.2 Å². The fourth-order valence-corrected chi connectivity index (χ4v) is 2.13. The predicted octanol–water partition coefficient (Wildman–Crippen LogP) is 3.01. The molecule has 2 nitrogen and oxygen atoms in total. The molecule has 1 aliphatic carbocycles. The summed E-state index contributed by atoms with van der Waals surface area (Å²) in [5, 5.41) is 0. The van der Waals surface area contributed by atoms with Crippen molar-refractivity contribution >= 4 is 0 Å². The average Bonchev–Trinajstić information content (AvgIpc) is 2.18. The molecule has 0 radical (unpaired) electrons. The van der Waals surface area contributed by atoms with Gasteiger partial charge < -0.3 is 9.47 Å². The lowest BCUT2D eigenvalue weighted by Crippen LogP contribution is -2.21. The van der Waals surface area contributed by atoms with Gasteiger partial charge in [0, 0.05) is 13.7 Å². The van der Waals surface area contributed by atoms with Crippen molar-refractivity contribution in [2.45, 2.75) is 58.2 Å². The number of hydrogen-bond donors (Lipinski definition) is 0. The summed E-state index contributed by atoms with van der Waals surface area (Å²) in [6.07, 6.45) is 7.25. The summed E-state index contributed by atoms with van der Waals surface area (Å²) < 4.78 is 10.9. The van der Waals surface area contributed by atoms with Crippen LogP contribution in [0.5, 0.6) is 0 Å². The highest BCUT2D eigenvalue weighted by atomic mass is 16.5. The molecule has 0 N–H and O–H groups in total. The zero-order chi connectivity index (χ0) is 10.4. The van der Waals surface area contributed by atoms with Crippen molar-refractivity contribution < 1.29 is 9.47 Å². The van der Waals surface area contributed by atoms with Crippen LogP contribution in [0.15, 0.2) is 0 Å². The molecule has 0 spiro atoms. The van der Waals surface area contributed by atoms with Crippen LogP contribution < -0.4 is 0 Å². The summed E-state index contributed by atoms with van der Waals surface area (Å²) in [5.74, 6) is 0.875. The first-order chi connectivity index (χ1) is 6.72. The van der Waals surface area contributed by atoms with E-state index in [1.54, 1.807) is 0 Å². The lowest BCUT2D eigenvalue weighted by atomic mass is 9.85. The van der Waals surface area contributed by atoms with Crippen LogP contribution in [0.2, 0.25) is 0 Å².